The lowest BCUT2D eigenvalue weighted by Gasteiger charge is -2.25. The summed E-state index contributed by atoms with van der Waals surface area (Å²) in [5, 5.41) is 3.83. The van der Waals surface area contributed by atoms with Crippen molar-refractivity contribution in [3.63, 3.8) is 0 Å². The van der Waals surface area contributed by atoms with Gasteiger partial charge >= 0.3 is 0 Å². The Balaban J connectivity index is 1.91. The summed E-state index contributed by atoms with van der Waals surface area (Å²) in [7, 11) is -3.96. The van der Waals surface area contributed by atoms with E-state index >= 15 is 0 Å². The number of nitrogens with zero attached hydrogens (tertiary/aromatic N) is 2. The minimum atomic E-state index is -3.96. The molecular weight excluding hydrogens is 402 g/mol. The largest absolute Gasteiger partial charge is 0.463 e. The SMILES string of the molecule is CCc1ccccc1N(CC(=O)NN=Cc1ccco1)S(=O)(=O)c1ccc(C)cc1. The van der Waals surface area contributed by atoms with Crippen LogP contribution in [-0.2, 0) is 21.2 Å². The first kappa shape index (κ1) is 21.3. The third kappa shape index (κ3) is 4.96. The van der Waals surface area contributed by atoms with Gasteiger partial charge in [-0.15, -0.1) is 0 Å². The van der Waals surface area contributed by atoms with Gasteiger partial charge < -0.3 is 4.42 Å². The Bertz CT molecular complexity index is 1120. The summed E-state index contributed by atoms with van der Waals surface area (Å²) in [6.45, 7) is 3.40. The molecule has 156 valence electrons. The molecule has 0 aliphatic heterocycles. The maximum Gasteiger partial charge on any atom is 0.264 e. The number of hydrazone groups is 1. The predicted molar refractivity (Wildman–Crippen MR) is 116 cm³/mol. The number of carbonyl (C=O) groups is 1. The van der Waals surface area contributed by atoms with Crippen LogP contribution in [0.3, 0.4) is 0 Å². The zero-order valence-corrected chi connectivity index (χ0v) is 17.6. The topological polar surface area (TPSA) is 92.0 Å². The van der Waals surface area contributed by atoms with Crippen LogP contribution in [0.25, 0.3) is 0 Å². The Morgan fingerprint density at radius 2 is 1.83 bits per heavy atom. The molecule has 3 rings (SSSR count). The molecule has 2 aromatic carbocycles. The highest BCUT2D eigenvalue weighted by atomic mass is 32.2. The van der Waals surface area contributed by atoms with Gasteiger partial charge in [-0.3, -0.25) is 9.10 Å². The Kier molecular flexibility index (Phi) is 6.68. The van der Waals surface area contributed by atoms with E-state index in [1.165, 1.54) is 12.5 Å². The standard InChI is InChI=1S/C22H23N3O4S/c1-3-18-7-4-5-9-21(18)25(30(27,28)20-12-10-17(2)11-13-20)16-22(26)24-23-15-19-8-6-14-29-19/h4-15H,3,16H2,1-2H3,(H,24,26). The lowest BCUT2D eigenvalue weighted by Crippen LogP contribution is -2.40. The summed E-state index contributed by atoms with van der Waals surface area (Å²) in [4.78, 5) is 12.6. The molecule has 0 saturated carbocycles. The van der Waals surface area contributed by atoms with Gasteiger partial charge in [0, 0.05) is 0 Å². The summed E-state index contributed by atoms with van der Waals surface area (Å²) in [6.07, 6.45) is 3.45. The zero-order chi connectivity index (χ0) is 21.6. The second kappa shape index (κ2) is 9.41. The second-order valence-corrected chi connectivity index (χ2v) is 8.48. The van der Waals surface area contributed by atoms with Gasteiger partial charge in [0.2, 0.25) is 0 Å². The summed E-state index contributed by atoms with van der Waals surface area (Å²) in [5.74, 6) is -0.102. The maximum absolute atomic E-state index is 13.4. The number of benzene rings is 2. The van der Waals surface area contributed by atoms with E-state index in [-0.39, 0.29) is 4.90 Å². The monoisotopic (exact) mass is 425 g/mol. The Hall–Kier alpha value is -3.39. The minimum absolute atomic E-state index is 0.117. The fourth-order valence-electron chi connectivity index (χ4n) is 2.89. The average molecular weight is 426 g/mol. The smallest absolute Gasteiger partial charge is 0.264 e. The molecule has 0 bridgehead atoms. The Morgan fingerprint density at radius 1 is 1.10 bits per heavy atom. The number of aryl methyl sites for hydroxylation is 2. The molecule has 0 aliphatic rings. The van der Waals surface area contributed by atoms with Gasteiger partial charge in [-0.1, -0.05) is 42.8 Å². The van der Waals surface area contributed by atoms with Crippen LogP contribution in [0.5, 0.6) is 0 Å². The van der Waals surface area contributed by atoms with Crippen molar-refractivity contribution < 1.29 is 17.6 Å². The number of hydrogen-bond acceptors (Lipinski definition) is 5. The van der Waals surface area contributed by atoms with Crippen molar-refractivity contribution in [3.8, 4) is 0 Å². The van der Waals surface area contributed by atoms with Gasteiger partial charge in [0.05, 0.1) is 23.1 Å². The molecule has 0 atom stereocenters. The number of hydrogen-bond donors (Lipinski definition) is 1. The van der Waals surface area contributed by atoms with E-state index in [2.05, 4.69) is 10.5 Å². The molecule has 1 N–H and O–H groups in total. The summed E-state index contributed by atoms with van der Waals surface area (Å²) < 4.78 is 33.0. The number of furan rings is 1. The highest BCUT2D eigenvalue weighted by Gasteiger charge is 2.28. The predicted octanol–water partition coefficient (Wildman–Crippen LogP) is 3.50. The number of sulfonamides is 1. The van der Waals surface area contributed by atoms with Crippen LogP contribution in [0.1, 0.15) is 23.8 Å². The number of para-hydroxylation sites is 1. The molecule has 1 aromatic heterocycles. The summed E-state index contributed by atoms with van der Waals surface area (Å²) in [5.41, 5.74) is 4.58. The minimum Gasteiger partial charge on any atom is -0.463 e. The summed E-state index contributed by atoms with van der Waals surface area (Å²) >= 11 is 0. The number of anilines is 1. The molecule has 0 fully saturated rings. The first-order valence-corrected chi connectivity index (χ1v) is 10.9. The van der Waals surface area contributed by atoms with Crippen molar-refractivity contribution in [2.45, 2.75) is 25.2 Å². The fourth-order valence-corrected chi connectivity index (χ4v) is 4.35. The van der Waals surface area contributed by atoms with E-state index in [4.69, 9.17) is 4.42 Å². The highest BCUT2D eigenvalue weighted by Crippen LogP contribution is 2.27. The van der Waals surface area contributed by atoms with Crippen molar-refractivity contribution in [2.75, 3.05) is 10.8 Å². The van der Waals surface area contributed by atoms with Gasteiger partial charge in [-0.05, 0) is 49.2 Å². The fraction of sp³-hybridized carbons (Fsp3) is 0.182. The zero-order valence-electron chi connectivity index (χ0n) is 16.8. The van der Waals surface area contributed by atoms with E-state index in [9.17, 15) is 13.2 Å². The van der Waals surface area contributed by atoms with E-state index in [1.807, 2.05) is 26.0 Å². The van der Waals surface area contributed by atoms with Gasteiger partial charge in [0.1, 0.15) is 12.3 Å². The molecule has 0 saturated heterocycles. The van der Waals surface area contributed by atoms with Crippen LogP contribution in [0.2, 0.25) is 0 Å². The van der Waals surface area contributed by atoms with Crippen molar-refractivity contribution in [1.82, 2.24) is 5.43 Å². The molecule has 30 heavy (non-hydrogen) atoms. The van der Waals surface area contributed by atoms with Crippen LogP contribution in [0.15, 0.2) is 81.3 Å². The lowest BCUT2D eigenvalue weighted by atomic mass is 10.1. The van der Waals surface area contributed by atoms with E-state index < -0.39 is 22.5 Å². The number of amides is 1. The van der Waals surface area contributed by atoms with Gasteiger partial charge in [0.15, 0.2) is 0 Å². The van der Waals surface area contributed by atoms with Crippen LogP contribution in [0.4, 0.5) is 5.69 Å². The van der Waals surface area contributed by atoms with Gasteiger partial charge in [-0.2, -0.15) is 5.10 Å². The van der Waals surface area contributed by atoms with E-state index in [0.29, 0.717) is 17.9 Å². The molecule has 1 amide bonds. The van der Waals surface area contributed by atoms with E-state index in [0.717, 1.165) is 15.4 Å². The average Bonchev–Trinajstić information content (AvgIpc) is 3.26. The molecule has 0 aliphatic carbocycles. The lowest BCUT2D eigenvalue weighted by molar-refractivity contribution is -0.119. The molecule has 0 unspecified atom stereocenters. The molecule has 3 aromatic rings. The first-order chi connectivity index (χ1) is 14.4. The normalized spacial score (nSPS) is 11.5. The number of nitrogens with one attached hydrogen (secondary N) is 1. The van der Waals surface area contributed by atoms with Crippen molar-refractivity contribution in [3.05, 3.63) is 83.8 Å². The van der Waals surface area contributed by atoms with Crippen molar-refractivity contribution >= 4 is 27.8 Å². The van der Waals surface area contributed by atoms with Crippen LogP contribution in [0, 0.1) is 6.92 Å². The highest BCUT2D eigenvalue weighted by molar-refractivity contribution is 7.92. The van der Waals surface area contributed by atoms with Crippen molar-refractivity contribution in [1.29, 1.82) is 0 Å². The van der Waals surface area contributed by atoms with E-state index in [1.54, 1.807) is 48.5 Å². The third-order valence-corrected chi connectivity index (χ3v) is 6.24. The van der Waals surface area contributed by atoms with Crippen molar-refractivity contribution in [2.24, 2.45) is 5.10 Å². The second-order valence-electron chi connectivity index (χ2n) is 6.62. The molecule has 0 radical (unpaired) electrons. The van der Waals surface area contributed by atoms with Crippen LogP contribution < -0.4 is 9.73 Å². The third-order valence-electron chi connectivity index (χ3n) is 4.46. The quantitative estimate of drug-likeness (QED) is 0.442. The molecule has 8 heteroatoms. The number of rotatable bonds is 8. The Morgan fingerprint density at radius 3 is 2.50 bits per heavy atom. The maximum atomic E-state index is 13.4. The van der Waals surface area contributed by atoms with Crippen LogP contribution in [-0.4, -0.2) is 27.1 Å². The molecular formula is C22H23N3O4S. The first-order valence-electron chi connectivity index (χ1n) is 9.44. The molecule has 1 heterocycles. The van der Waals surface area contributed by atoms with Crippen LogP contribution >= 0.6 is 0 Å². The molecule has 0 spiro atoms. The number of carbonyl (C=O) groups excluding carboxylic acids is 1. The molecule has 7 nitrogen and oxygen atoms in total. The Labute approximate surface area is 176 Å². The summed E-state index contributed by atoms with van der Waals surface area (Å²) in [6, 6.07) is 17.0. The van der Waals surface area contributed by atoms with Gasteiger partial charge in [0.25, 0.3) is 15.9 Å². The van der Waals surface area contributed by atoms with Gasteiger partial charge in [-0.25, -0.2) is 13.8 Å².